The molecule has 0 atom stereocenters. The molecule has 0 saturated carbocycles. The molecule has 33 heavy (non-hydrogen) atoms. The van der Waals surface area contributed by atoms with E-state index < -0.39 is 0 Å². The molecule has 2 aromatic carbocycles. The van der Waals surface area contributed by atoms with E-state index >= 15 is 0 Å². The highest BCUT2D eigenvalue weighted by molar-refractivity contribution is 5.94. The number of rotatable bonds is 4. The molecule has 166 valence electrons. The molecule has 0 saturated heterocycles. The fourth-order valence-corrected chi connectivity index (χ4v) is 4.41. The molecule has 7 nitrogen and oxygen atoms in total. The molecule has 0 unspecified atom stereocenters. The van der Waals surface area contributed by atoms with E-state index in [1.54, 1.807) is 9.58 Å². The Kier molecular flexibility index (Phi) is 5.38. The number of benzene rings is 2. The summed E-state index contributed by atoms with van der Waals surface area (Å²) >= 11 is 0. The SMILES string of the molecule is Cc1cc(C)n(-c2nc(-c3ccccc3)cc(=O)n2CC(=O)N2CCCc3ccccc32)n1. The molecule has 1 amide bonds. The molecule has 3 heterocycles. The number of para-hydroxylation sites is 1. The lowest BCUT2D eigenvalue weighted by Gasteiger charge is -2.30. The van der Waals surface area contributed by atoms with Gasteiger partial charge in [-0.1, -0.05) is 48.5 Å². The number of fused-ring (bicyclic) bond motifs is 1. The Morgan fingerprint density at radius 2 is 1.76 bits per heavy atom. The minimum absolute atomic E-state index is 0.108. The lowest BCUT2D eigenvalue weighted by atomic mass is 10.0. The van der Waals surface area contributed by atoms with Gasteiger partial charge >= 0.3 is 0 Å². The maximum Gasteiger partial charge on any atom is 0.256 e. The fraction of sp³-hybridized carbons (Fsp3) is 0.231. The minimum Gasteiger partial charge on any atom is -0.311 e. The number of hydrogen-bond acceptors (Lipinski definition) is 4. The maximum atomic E-state index is 13.4. The van der Waals surface area contributed by atoms with Crippen molar-refractivity contribution in [3.8, 4) is 17.2 Å². The van der Waals surface area contributed by atoms with E-state index in [0.29, 0.717) is 18.2 Å². The predicted octanol–water partition coefficient (Wildman–Crippen LogP) is 3.69. The number of hydrogen-bond donors (Lipinski definition) is 0. The summed E-state index contributed by atoms with van der Waals surface area (Å²) in [5.41, 5.74) is 4.83. The molecule has 0 bridgehead atoms. The third kappa shape index (κ3) is 3.98. The van der Waals surface area contributed by atoms with Crippen LogP contribution in [-0.4, -0.2) is 31.8 Å². The van der Waals surface area contributed by atoms with Crippen molar-refractivity contribution >= 4 is 11.6 Å². The second-order valence-corrected chi connectivity index (χ2v) is 8.35. The monoisotopic (exact) mass is 439 g/mol. The number of nitrogens with zero attached hydrogens (tertiary/aromatic N) is 5. The zero-order chi connectivity index (χ0) is 22.9. The number of aromatic nitrogens is 4. The van der Waals surface area contributed by atoms with Crippen LogP contribution < -0.4 is 10.5 Å². The Labute approximate surface area is 191 Å². The topological polar surface area (TPSA) is 73.0 Å². The first kappa shape index (κ1) is 20.9. The molecule has 5 rings (SSSR count). The van der Waals surface area contributed by atoms with Gasteiger partial charge in [0.15, 0.2) is 0 Å². The van der Waals surface area contributed by atoms with Gasteiger partial charge in [-0.2, -0.15) is 5.10 Å². The number of aryl methyl sites for hydroxylation is 3. The second-order valence-electron chi connectivity index (χ2n) is 8.35. The van der Waals surface area contributed by atoms with E-state index in [-0.39, 0.29) is 18.0 Å². The van der Waals surface area contributed by atoms with E-state index in [9.17, 15) is 9.59 Å². The largest absolute Gasteiger partial charge is 0.311 e. The van der Waals surface area contributed by atoms with Gasteiger partial charge in [-0.3, -0.25) is 14.2 Å². The number of carbonyl (C=O) groups is 1. The van der Waals surface area contributed by atoms with Gasteiger partial charge in [0.05, 0.1) is 11.4 Å². The summed E-state index contributed by atoms with van der Waals surface area (Å²) in [6, 6.07) is 20.9. The Morgan fingerprint density at radius 3 is 2.52 bits per heavy atom. The van der Waals surface area contributed by atoms with Gasteiger partial charge in [0.25, 0.3) is 5.56 Å². The van der Waals surface area contributed by atoms with Gasteiger partial charge in [0.1, 0.15) is 6.54 Å². The van der Waals surface area contributed by atoms with Crippen LogP contribution in [0.2, 0.25) is 0 Å². The quantitative estimate of drug-likeness (QED) is 0.486. The average Bonchev–Trinajstić information content (AvgIpc) is 3.17. The average molecular weight is 440 g/mol. The highest BCUT2D eigenvalue weighted by Crippen LogP contribution is 2.27. The summed E-state index contributed by atoms with van der Waals surface area (Å²) in [6.45, 7) is 4.33. The van der Waals surface area contributed by atoms with Crippen molar-refractivity contribution in [1.82, 2.24) is 19.3 Å². The molecule has 1 aliphatic rings. The van der Waals surface area contributed by atoms with Crippen LogP contribution in [0.25, 0.3) is 17.2 Å². The highest BCUT2D eigenvalue weighted by atomic mass is 16.2. The van der Waals surface area contributed by atoms with Gasteiger partial charge in [-0.25, -0.2) is 9.67 Å². The van der Waals surface area contributed by atoms with Crippen LogP contribution in [0.5, 0.6) is 0 Å². The molecular formula is C26H25N5O2. The molecule has 4 aromatic rings. The van der Waals surface area contributed by atoms with E-state index in [2.05, 4.69) is 11.2 Å². The first-order valence-corrected chi connectivity index (χ1v) is 11.1. The van der Waals surface area contributed by atoms with Gasteiger partial charge < -0.3 is 4.90 Å². The van der Waals surface area contributed by atoms with Crippen LogP contribution in [0.3, 0.4) is 0 Å². The lowest BCUT2D eigenvalue weighted by Crippen LogP contribution is -2.40. The van der Waals surface area contributed by atoms with E-state index in [1.165, 1.54) is 10.6 Å². The van der Waals surface area contributed by atoms with Gasteiger partial charge in [0, 0.05) is 29.6 Å². The zero-order valence-corrected chi connectivity index (χ0v) is 18.7. The molecule has 2 aromatic heterocycles. The molecule has 7 heteroatoms. The van der Waals surface area contributed by atoms with E-state index in [1.807, 2.05) is 68.4 Å². The minimum atomic E-state index is -0.287. The second kappa shape index (κ2) is 8.50. The molecule has 0 fully saturated rings. The highest BCUT2D eigenvalue weighted by Gasteiger charge is 2.24. The van der Waals surface area contributed by atoms with Crippen molar-refractivity contribution in [1.29, 1.82) is 0 Å². The van der Waals surface area contributed by atoms with Crippen molar-refractivity contribution in [2.75, 3.05) is 11.4 Å². The van der Waals surface area contributed by atoms with Crippen LogP contribution in [0.1, 0.15) is 23.4 Å². The maximum absolute atomic E-state index is 13.4. The Morgan fingerprint density at radius 1 is 1.00 bits per heavy atom. The van der Waals surface area contributed by atoms with Crippen molar-refractivity contribution in [2.24, 2.45) is 0 Å². The zero-order valence-electron chi connectivity index (χ0n) is 18.7. The third-order valence-electron chi connectivity index (χ3n) is 5.96. The first-order valence-electron chi connectivity index (χ1n) is 11.1. The summed E-state index contributed by atoms with van der Waals surface area (Å²) in [4.78, 5) is 33.3. The predicted molar refractivity (Wildman–Crippen MR) is 128 cm³/mol. The Hall–Kier alpha value is -4.00. The van der Waals surface area contributed by atoms with Crippen molar-refractivity contribution in [3.63, 3.8) is 0 Å². The van der Waals surface area contributed by atoms with Crippen LogP contribution >= 0.6 is 0 Å². The number of amides is 1. The lowest BCUT2D eigenvalue weighted by molar-refractivity contribution is -0.119. The van der Waals surface area contributed by atoms with Crippen LogP contribution in [0.4, 0.5) is 5.69 Å². The third-order valence-corrected chi connectivity index (χ3v) is 5.96. The van der Waals surface area contributed by atoms with Gasteiger partial charge in [0.2, 0.25) is 11.9 Å². The summed E-state index contributed by atoms with van der Waals surface area (Å²) in [6.07, 6.45) is 1.84. The van der Waals surface area contributed by atoms with Crippen molar-refractivity contribution < 1.29 is 4.79 Å². The van der Waals surface area contributed by atoms with Crippen LogP contribution in [0.15, 0.2) is 71.5 Å². The van der Waals surface area contributed by atoms with Gasteiger partial charge in [-0.05, 0) is 44.4 Å². The summed E-state index contributed by atoms with van der Waals surface area (Å²) in [7, 11) is 0. The molecular weight excluding hydrogens is 414 g/mol. The molecule has 0 spiro atoms. The summed E-state index contributed by atoms with van der Waals surface area (Å²) in [5.74, 6) is 0.201. The molecule has 0 radical (unpaired) electrons. The van der Waals surface area contributed by atoms with E-state index in [0.717, 1.165) is 41.0 Å². The fourth-order valence-electron chi connectivity index (χ4n) is 4.41. The summed E-state index contributed by atoms with van der Waals surface area (Å²) < 4.78 is 3.06. The van der Waals surface area contributed by atoms with Crippen LogP contribution in [0, 0.1) is 13.8 Å². The van der Waals surface area contributed by atoms with Crippen LogP contribution in [-0.2, 0) is 17.8 Å². The standard InChI is InChI=1S/C26H25N5O2/c1-18-15-19(2)31(28-18)26-27-22(20-9-4-3-5-10-20)16-24(32)30(26)17-25(33)29-14-8-12-21-11-6-7-13-23(21)29/h3-7,9-11,13,15-16H,8,12,14,17H2,1-2H3. The molecule has 1 aliphatic heterocycles. The van der Waals surface area contributed by atoms with Crippen molar-refractivity contribution in [2.45, 2.75) is 33.2 Å². The van der Waals surface area contributed by atoms with Crippen molar-refractivity contribution in [3.05, 3.63) is 94.0 Å². The summed E-state index contributed by atoms with van der Waals surface area (Å²) in [5, 5.41) is 4.54. The Bertz CT molecular complexity index is 1390. The molecule has 0 N–H and O–H groups in total. The van der Waals surface area contributed by atoms with Gasteiger partial charge in [-0.15, -0.1) is 0 Å². The first-order chi connectivity index (χ1) is 16.0. The number of anilines is 1. The smallest absolute Gasteiger partial charge is 0.256 e. The normalized spacial score (nSPS) is 13.1. The number of carbonyl (C=O) groups excluding carboxylic acids is 1. The Balaban J connectivity index is 1.59. The van der Waals surface area contributed by atoms with E-state index in [4.69, 9.17) is 4.98 Å². The molecule has 0 aliphatic carbocycles.